The lowest BCUT2D eigenvalue weighted by Gasteiger charge is -2.20. The van der Waals surface area contributed by atoms with E-state index in [1.165, 1.54) is 0 Å². The van der Waals surface area contributed by atoms with Crippen molar-refractivity contribution in [3.05, 3.63) is 58.1 Å². The fourth-order valence-electron chi connectivity index (χ4n) is 3.06. The zero-order valence-electron chi connectivity index (χ0n) is 17.7. The van der Waals surface area contributed by atoms with Crippen molar-refractivity contribution in [2.45, 2.75) is 58.7 Å². The van der Waals surface area contributed by atoms with Crippen LogP contribution in [0.25, 0.3) is 0 Å². The topological polar surface area (TPSA) is 93.2 Å². The predicted octanol–water partition coefficient (Wildman–Crippen LogP) is 4.34. The summed E-state index contributed by atoms with van der Waals surface area (Å²) in [5, 5.41) is 5.90. The number of carbonyl (C=O) groups excluding carboxylic acids is 2. The molecule has 1 fully saturated rings. The molecule has 0 radical (unpaired) electrons. The van der Waals surface area contributed by atoms with E-state index >= 15 is 0 Å². The van der Waals surface area contributed by atoms with Crippen LogP contribution in [0.15, 0.2) is 30.5 Å². The van der Waals surface area contributed by atoms with Gasteiger partial charge in [-0.15, -0.1) is 0 Å². The Balaban J connectivity index is 1.70. The number of hydrogen-bond acceptors (Lipinski definition) is 5. The Kier molecular flexibility index (Phi) is 6.61. The average Bonchev–Trinajstić information content (AvgIpc) is 3.47. The number of pyridine rings is 2. The minimum Gasteiger partial charge on any atom is -0.444 e. The number of nitrogens with zero attached hydrogens (tertiary/aromatic N) is 2. The first-order chi connectivity index (χ1) is 14.1. The maximum atomic E-state index is 12.9. The monoisotopic (exact) mass is 430 g/mol. The number of hydrogen-bond donors (Lipinski definition) is 2. The third-order valence-corrected chi connectivity index (χ3v) is 4.75. The molecule has 0 saturated heterocycles. The summed E-state index contributed by atoms with van der Waals surface area (Å²) in [4.78, 5) is 33.4. The quantitative estimate of drug-likeness (QED) is 0.664. The minimum atomic E-state index is -0.591. The van der Waals surface area contributed by atoms with E-state index in [0.717, 1.165) is 24.1 Å². The number of ether oxygens (including phenoxy) is 1. The lowest BCUT2D eigenvalue weighted by molar-refractivity contribution is 0.0523. The van der Waals surface area contributed by atoms with Gasteiger partial charge >= 0.3 is 6.09 Å². The Morgan fingerprint density at radius 2 is 2.00 bits per heavy atom. The SMILES string of the molecule is Cc1ccnc(C(NC(=O)c2cc(CNC(=O)OC(C)(C)C)cc(Cl)n2)C2CC2)c1. The summed E-state index contributed by atoms with van der Waals surface area (Å²) in [6.07, 6.45) is 3.31. The molecule has 1 aliphatic rings. The summed E-state index contributed by atoms with van der Waals surface area (Å²) < 4.78 is 5.23. The van der Waals surface area contributed by atoms with Crippen LogP contribution in [-0.4, -0.2) is 27.6 Å². The van der Waals surface area contributed by atoms with E-state index < -0.39 is 11.7 Å². The van der Waals surface area contributed by atoms with Gasteiger partial charge in [0.1, 0.15) is 16.4 Å². The molecule has 0 bridgehead atoms. The zero-order chi connectivity index (χ0) is 21.9. The molecular weight excluding hydrogens is 404 g/mol. The van der Waals surface area contributed by atoms with Crippen molar-refractivity contribution in [1.82, 2.24) is 20.6 Å². The molecule has 0 spiro atoms. The smallest absolute Gasteiger partial charge is 0.407 e. The van der Waals surface area contributed by atoms with Gasteiger partial charge in [-0.2, -0.15) is 0 Å². The van der Waals surface area contributed by atoms with Gasteiger partial charge in [0.05, 0.1) is 11.7 Å². The van der Waals surface area contributed by atoms with Gasteiger partial charge < -0.3 is 15.4 Å². The van der Waals surface area contributed by atoms with Gasteiger partial charge in [-0.25, -0.2) is 9.78 Å². The number of nitrogens with one attached hydrogen (secondary N) is 2. The Hall–Kier alpha value is -2.67. The molecule has 2 amide bonds. The van der Waals surface area contributed by atoms with Crippen molar-refractivity contribution in [3.8, 4) is 0 Å². The van der Waals surface area contributed by atoms with Gasteiger partial charge in [-0.1, -0.05) is 11.6 Å². The summed E-state index contributed by atoms with van der Waals surface area (Å²) in [5.41, 5.74) is 2.20. The molecule has 30 heavy (non-hydrogen) atoms. The Labute approximate surface area is 181 Å². The van der Waals surface area contributed by atoms with Crippen LogP contribution in [0.4, 0.5) is 4.79 Å². The third-order valence-electron chi connectivity index (χ3n) is 4.56. The summed E-state index contributed by atoms with van der Waals surface area (Å²) in [6.45, 7) is 7.54. The second-order valence-electron chi connectivity index (χ2n) is 8.59. The molecule has 8 heteroatoms. The van der Waals surface area contributed by atoms with Crippen LogP contribution in [0, 0.1) is 12.8 Å². The fourth-order valence-corrected chi connectivity index (χ4v) is 3.30. The Bertz CT molecular complexity index is 938. The van der Waals surface area contributed by atoms with E-state index in [1.807, 2.05) is 19.1 Å². The highest BCUT2D eigenvalue weighted by atomic mass is 35.5. The summed E-state index contributed by atoms with van der Waals surface area (Å²) in [6, 6.07) is 6.98. The van der Waals surface area contributed by atoms with Gasteiger partial charge in [0.15, 0.2) is 0 Å². The van der Waals surface area contributed by atoms with Crippen molar-refractivity contribution < 1.29 is 14.3 Å². The lowest BCUT2D eigenvalue weighted by Crippen LogP contribution is -2.32. The average molecular weight is 431 g/mol. The van der Waals surface area contributed by atoms with E-state index in [2.05, 4.69) is 20.6 Å². The van der Waals surface area contributed by atoms with E-state index in [1.54, 1.807) is 39.1 Å². The number of alkyl carbamates (subject to hydrolysis) is 1. The molecule has 1 aliphatic carbocycles. The maximum absolute atomic E-state index is 12.9. The van der Waals surface area contributed by atoms with Crippen LogP contribution in [0.1, 0.15) is 67.0 Å². The second-order valence-corrected chi connectivity index (χ2v) is 8.97. The number of aryl methyl sites for hydroxylation is 1. The number of carbonyl (C=O) groups is 2. The standard InChI is InChI=1S/C22H27ClN4O3/c1-13-7-8-24-16(9-13)19(15-5-6-15)27-20(28)17-10-14(11-18(23)26-17)12-25-21(29)30-22(2,3)4/h7-11,15,19H,5-6,12H2,1-4H3,(H,25,29)(H,27,28). The van der Waals surface area contributed by atoms with Crippen LogP contribution >= 0.6 is 11.6 Å². The highest BCUT2D eigenvalue weighted by Crippen LogP contribution is 2.40. The molecule has 2 N–H and O–H groups in total. The van der Waals surface area contributed by atoms with E-state index in [-0.39, 0.29) is 29.3 Å². The molecule has 1 saturated carbocycles. The summed E-state index contributed by atoms with van der Waals surface area (Å²) >= 11 is 6.12. The maximum Gasteiger partial charge on any atom is 0.407 e. The summed E-state index contributed by atoms with van der Waals surface area (Å²) in [5.74, 6) is 0.0481. The Morgan fingerprint density at radius 3 is 2.63 bits per heavy atom. The van der Waals surface area contributed by atoms with Gasteiger partial charge in [-0.05, 0) is 81.8 Å². The van der Waals surface area contributed by atoms with Crippen LogP contribution in [0.5, 0.6) is 0 Å². The first-order valence-corrected chi connectivity index (χ1v) is 10.4. The molecule has 1 atom stereocenters. The van der Waals surface area contributed by atoms with Gasteiger partial charge in [0, 0.05) is 12.7 Å². The van der Waals surface area contributed by atoms with Crippen LogP contribution in [0.3, 0.4) is 0 Å². The van der Waals surface area contributed by atoms with Crippen LogP contribution in [-0.2, 0) is 11.3 Å². The molecule has 2 heterocycles. The first-order valence-electron chi connectivity index (χ1n) is 9.97. The van der Waals surface area contributed by atoms with E-state index in [0.29, 0.717) is 11.5 Å². The zero-order valence-corrected chi connectivity index (χ0v) is 18.4. The highest BCUT2D eigenvalue weighted by Gasteiger charge is 2.34. The van der Waals surface area contributed by atoms with E-state index in [9.17, 15) is 9.59 Å². The second kappa shape index (κ2) is 9.00. The van der Waals surface area contributed by atoms with Crippen LogP contribution < -0.4 is 10.6 Å². The van der Waals surface area contributed by atoms with Crippen LogP contribution in [0.2, 0.25) is 5.15 Å². The molecule has 7 nitrogen and oxygen atoms in total. The van der Waals surface area contributed by atoms with Crippen molar-refractivity contribution in [1.29, 1.82) is 0 Å². The molecule has 2 aromatic heterocycles. The normalized spacial score (nSPS) is 14.7. The number of halogens is 1. The van der Waals surface area contributed by atoms with Crippen molar-refractivity contribution in [2.24, 2.45) is 5.92 Å². The number of amides is 2. The van der Waals surface area contributed by atoms with Crippen molar-refractivity contribution in [2.75, 3.05) is 0 Å². The molecule has 0 aromatic carbocycles. The van der Waals surface area contributed by atoms with Crippen molar-refractivity contribution in [3.63, 3.8) is 0 Å². The van der Waals surface area contributed by atoms with Crippen molar-refractivity contribution >= 4 is 23.6 Å². The third kappa shape index (κ3) is 6.42. The predicted molar refractivity (Wildman–Crippen MR) is 114 cm³/mol. The molecule has 2 aromatic rings. The molecule has 0 aliphatic heterocycles. The van der Waals surface area contributed by atoms with Gasteiger partial charge in [-0.3, -0.25) is 9.78 Å². The molecular formula is C22H27ClN4O3. The molecule has 160 valence electrons. The highest BCUT2D eigenvalue weighted by molar-refractivity contribution is 6.29. The van der Waals surface area contributed by atoms with E-state index in [4.69, 9.17) is 16.3 Å². The minimum absolute atomic E-state index is 0.165. The largest absolute Gasteiger partial charge is 0.444 e. The number of rotatable bonds is 6. The molecule has 3 rings (SSSR count). The lowest BCUT2D eigenvalue weighted by atomic mass is 10.1. The first kappa shape index (κ1) is 22.0. The van der Waals surface area contributed by atoms with Gasteiger partial charge in [0.25, 0.3) is 5.91 Å². The molecule has 1 unspecified atom stereocenters. The summed E-state index contributed by atoms with van der Waals surface area (Å²) in [7, 11) is 0. The van der Waals surface area contributed by atoms with Gasteiger partial charge in [0.2, 0.25) is 0 Å². The Morgan fingerprint density at radius 1 is 1.27 bits per heavy atom. The number of aromatic nitrogens is 2. The fraction of sp³-hybridized carbons (Fsp3) is 0.455.